The first-order chi connectivity index (χ1) is 18.2. The minimum absolute atomic E-state index is 0.0905. The highest BCUT2D eigenvalue weighted by Gasteiger charge is 2.37. The summed E-state index contributed by atoms with van der Waals surface area (Å²) >= 11 is 6.86. The van der Waals surface area contributed by atoms with Gasteiger partial charge in [0.15, 0.2) is 0 Å². The molecule has 1 aliphatic heterocycles. The number of amides is 4. The van der Waals surface area contributed by atoms with Crippen molar-refractivity contribution < 1.29 is 33.8 Å². The molecule has 0 radical (unpaired) electrons. The standard InChI is InChI=1S/C27H20Br2N2O7/c1-2-37-20-9-7-19(8-10-20)31-25(33)21(24(32)30-27(31)36)12-17-11-18(28)13-22(29)23(17)38-14-15-3-5-16(6-4-15)26(34)35/h3-13H,2,14H2,1H3,(H,34,35)(H,30,32,36)/b21-12+. The average molecular weight is 644 g/mol. The topological polar surface area (TPSA) is 122 Å². The Kier molecular flexibility index (Phi) is 8.28. The van der Waals surface area contributed by atoms with Crippen LogP contribution < -0.4 is 19.7 Å². The number of imide groups is 2. The number of carboxylic acid groups (broad SMARTS) is 1. The Balaban J connectivity index is 1.65. The number of carboxylic acids is 1. The Morgan fingerprint density at radius 3 is 2.32 bits per heavy atom. The van der Waals surface area contributed by atoms with Crippen LogP contribution in [0.4, 0.5) is 10.5 Å². The van der Waals surface area contributed by atoms with Crippen molar-refractivity contribution in [3.05, 3.63) is 91.9 Å². The maximum atomic E-state index is 13.3. The Morgan fingerprint density at radius 1 is 1.00 bits per heavy atom. The second kappa shape index (κ2) is 11.6. The van der Waals surface area contributed by atoms with Crippen LogP contribution in [0.1, 0.15) is 28.4 Å². The van der Waals surface area contributed by atoms with E-state index < -0.39 is 23.8 Å². The van der Waals surface area contributed by atoms with E-state index in [0.717, 1.165) is 4.90 Å². The number of urea groups is 1. The highest BCUT2D eigenvalue weighted by Crippen LogP contribution is 2.36. The Morgan fingerprint density at radius 2 is 1.68 bits per heavy atom. The van der Waals surface area contributed by atoms with E-state index in [1.807, 2.05) is 6.92 Å². The molecule has 0 aliphatic carbocycles. The molecular weight excluding hydrogens is 624 g/mol. The predicted molar refractivity (Wildman–Crippen MR) is 146 cm³/mol. The molecule has 4 rings (SSSR count). The van der Waals surface area contributed by atoms with E-state index in [4.69, 9.17) is 14.6 Å². The van der Waals surface area contributed by atoms with Crippen molar-refractivity contribution >= 4 is 67.4 Å². The van der Waals surface area contributed by atoms with Gasteiger partial charge >= 0.3 is 12.0 Å². The van der Waals surface area contributed by atoms with E-state index in [1.54, 1.807) is 48.5 Å². The number of halogens is 2. The van der Waals surface area contributed by atoms with Gasteiger partial charge in [-0.25, -0.2) is 14.5 Å². The Hall–Kier alpha value is -3.96. The molecule has 0 unspecified atom stereocenters. The lowest BCUT2D eigenvalue weighted by Crippen LogP contribution is -2.54. The fraction of sp³-hybridized carbons (Fsp3) is 0.111. The summed E-state index contributed by atoms with van der Waals surface area (Å²) < 4.78 is 12.6. The molecule has 0 aromatic heterocycles. The first-order valence-corrected chi connectivity index (χ1v) is 12.8. The van der Waals surface area contributed by atoms with Crippen LogP contribution in [0.25, 0.3) is 6.08 Å². The van der Waals surface area contributed by atoms with Gasteiger partial charge in [0.25, 0.3) is 11.8 Å². The molecule has 2 N–H and O–H groups in total. The van der Waals surface area contributed by atoms with Gasteiger partial charge in [-0.2, -0.15) is 0 Å². The van der Waals surface area contributed by atoms with Gasteiger partial charge in [0.2, 0.25) is 0 Å². The van der Waals surface area contributed by atoms with Gasteiger partial charge in [-0.15, -0.1) is 0 Å². The average Bonchev–Trinajstić information content (AvgIpc) is 2.87. The van der Waals surface area contributed by atoms with Gasteiger partial charge in [0.05, 0.1) is 22.3 Å². The second-order valence-corrected chi connectivity index (χ2v) is 9.75. The molecule has 0 spiro atoms. The molecule has 0 saturated carbocycles. The Labute approximate surface area is 234 Å². The SMILES string of the molecule is CCOc1ccc(N2C(=O)NC(=O)/C(=C\c3cc(Br)cc(Br)c3OCc3ccc(C(=O)O)cc3)C2=O)cc1. The minimum atomic E-state index is -1.03. The van der Waals surface area contributed by atoms with Gasteiger partial charge in [0.1, 0.15) is 23.7 Å². The number of ether oxygens (including phenoxy) is 2. The van der Waals surface area contributed by atoms with E-state index in [9.17, 15) is 19.2 Å². The number of aromatic carboxylic acids is 1. The lowest BCUT2D eigenvalue weighted by atomic mass is 10.1. The summed E-state index contributed by atoms with van der Waals surface area (Å²) in [5, 5.41) is 11.3. The summed E-state index contributed by atoms with van der Waals surface area (Å²) in [6.45, 7) is 2.39. The lowest BCUT2D eigenvalue weighted by molar-refractivity contribution is -0.122. The second-order valence-electron chi connectivity index (χ2n) is 7.98. The number of carbonyl (C=O) groups is 4. The van der Waals surface area contributed by atoms with Crippen molar-refractivity contribution in [2.75, 3.05) is 11.5 Å². The number of benzene rings is 3. The Bertz CT molecular complexity index is 1450. The number of nitrogens with one attached hydrogen (secondary N) is 1. The molecular formula is C27H20Br2N2O7. The molecule has 3 aromatic rings. The zero-order chi connectivity index (χ0) is 27.4. The third-order valence-electron chi connectivity index (χ3n) is 5.43. The normalized spacial score (nSPS) is 14.4. The summed E-state index contributed by atoms with van der Waals surface area (Å²) in [6.07, 6.45) is 1.35. The molecule has 1 aliphatic rings. The molecule has 3 aromatic carbocycles. The molecule has 38 heavy (non-hydrogen) atoms. The number of hydrogen-bond acceptors (Lipinski definition) is 6. The van der Waals surface area contributed by atoms with Crippen molar-refractivity contribution in [1.29, 1.82) is 0 Å². The van der Waals surface area contributed by atoms with Crippen molar-refractivity contribution in [3.8, 4) is 11.5 Å². The van der Waals surface area contributed by atoms with Crippen LogP contribution in [0.3, 0.4) is 0 Å². The van der Waals surface area contributed by atoms with Crippen LogP contribution >= 0.6 is 31.9 Å². The zero-order valence-corrected chi connectivity index (χ0v) is 23.0. The smallest absolute Gasteiger partial charge is 0.335 e. The highest BCUT2D eigenvalue weighted by atomic mass is 79.9. The highest BCUT2D eigenvalue weighted by molar-refractivity contribution is 9.11. The largest absolute Gasteiger partial charge is 0.494 e. The van der Waals surface area contributed by atoms with E-state index >= 15 is 0 Å². The first kappa shape index (κ1) is 27.1. The monoisotopic (exact) mass is 642 g/mol. The van der Waals surface area contributed by atoms with E-state index in [2.05, 4.69) is 37.2 Å². The summed E-state index contributed by atoms with van der Waals surface area (Å²) in [5.41, 5.74) is 1.26. The summed E-state index contributed by atoms with van der Waals surface area (Å²) in [7, 11) is 0. The third kappa shape index (κ3) is 5.95. The number of hydrogen-bond donors (Lipinski definition) is 2. The summed E-state index contributed by atoms with van der Waals surface area (Å²) in [4.78, 5) is 50.6. The molecule has 4 amide bonds. The van der Waals surface area contributed by atoms with Gasteiger partial charge in [0, 0.05) is 10.0 Å². The van der Waals surface area contributed by atoms with Gasteiger partial charge < -0.3 is 14.6 Å². The quantitative estimate of drug-likeness (QED) is 0.244. The maximum Gasteiger partial charge on any atom is 0.335 e. The lowest BCUT2D eigenvalue weighted by Gasteiger charge is -2.26. The fourth-order valence-electron chi connectivity index (χ4n) is 3.64. The number of anilines is 1. The number of rotatable bonds is 8. The molecule has 1 fully saturated rings. The van der Waals surface area contributed by atoms with Crippen LogP contribution in [0, 0.1) is 0 Å². The molecule has 11 heteroatoms. The van der Waals surface area contributed by atoms with Crippen molar-refractivity contribution in [2.45, 2.75) is 13.5 Å². The van der Waals surface area contributed by atoms with Gasteiger partial charge in [-0.3, -0.25) is 14.9 Å². The molecule has 194 valence electrons. The third-order valence-corrected chi connectivity index (χ3v) is 6.48. The summed E-state index contributed by atoms with van der Waals surface area (Å²) in [6, 6.07) is 15.1. The van der Waals surface area contributed by atoms with Crippen LogP contribution in [-0.2, 0) is 16.2 Å². The maximum absolute atomic E-state index is 13.3. The molecule has 1 heterocycles. The van der Waals surface area contributed by atoms with Crippen molar-refractivity contribution in [2.24, 2.45) is 0 Å². The van der Waals surface area contributed by atoms with Crippen LogP contribution in [0.2, 0.25) is 0 Å². The summed E-state index contributed by atoms with van der Waals surface area (Å²) in [5.74, 6) is -1.75. The fourth-order valence-corrected chi connectivity index (χ4v) is 5.02. The van der Waals surface area contributed by atoms with Gasteiger partial charge in [-0.1, -0.05) is 28.1 Å². The number of barbiturate groups is 1. The minimum Gasteiger partial charge on any atom is -0.494 e. The molecule has 0 bridgehead atoms. The number of nitrogens with zero attached hydrogens (tertiary/aromatic N) is 1. The van der Waals surface area contributed by atoms with E-state index in [1.165, 1.54) is 18.2 Å². The molecule has 1 saturated heterocycles. The van der Waals surface area contributed by atoms with Gasteiger partial charge in [-0.05, 0) is 83.0 Å². The molecule has 0 atom stereocenters. The van der Waals surface area contributed by atoms with Crippen LogP contribution in [0.15, 0.2) is 75.2 Å². The predicted octanol–water partition coefficient (Wildman–Crippen LogP) is 5.55. The van der Waals surface area contributed by atoms with E-state index in [-0.39, 0.29) is 23.4 Å². The first-order valence-electron chi connectivity index (χ1n) is 11.3. The number of carbonyl (C=O) groups excluding carboxylic acids is 3. The van der Waals surface area contributed by atoms with Crippen molar-refractivity contribution in [1.82, 2.24) is 5.32 Å². The zero-order valence-electron chi connectivity index (χ0n) is 19.9. The van der Waals surface area contributed by atoms with Crippen LogP contribution in [-0.4, -0.2) is 35.5 Å². The molecule has 9 nitrogen and oxygen atoms in total. The van der Waals surface area contributed by atoms with E-state index in [0.29, 0.717) is 38.2 Å². The van der Waals surface area contributed by atoms with Crippen molar-refractivity contribution in [3.63, 3.8) is 0 Å². The van der Waals surface area contributed by atoms with Crippen LogP contribution in [0.5, 0.6) is 11.5 Å².